The van der Waals surface area contributed by atoms with Gasteiger partial charge >= 0.3 is 11.9 Å². The lowest BCUT2D eigenvalue weighted by molar-refractivity contribution is -0.137. The highest BCUT2D eigenvalue weighted by Gasteiger charge is 2.35. The van der Waals surface area contributed by atoms with Crippen LogP contribution in [0.1, 0.15) is 16.1 Å². The minimum absolute atomic E-state index is 0.0918. The van der Waals surface area contributed by atoms with E-state index < -0.39 is 55.4 Å². The summed E-state index contributed by atoms with van der Waals surface area (Å²) in [6, 6.07) is 1.34. The van der Waals surface area contributed by atoms with E-state index in [1.54, 1.807) is 4.83 Å². The van der Waals surface area contributed by atoms with E-state index in [0.717, 1.165) is 12.3 Å². The normalized spacial score (nSPS) is 12.2. The third-order valence-electron chi connectivity index (χ3n) is 4.07. The molecule has 3 N–H and O–H groups in total. The minimum Gasteiger partial charge on any atom is -0.343 e. The van der Waals surface area contributed by atoms with Crippen molar-refractivity contribution in [1.29, 1.82) is 0 Å². The lowest BCUT2D eigenvalue weighted by Gasteiger charge is -2.14. The molecule has 166 valence electrons. The summed E-state index contributed by atoms with van der Waals surface area (Å²) in [6.45, 7) is 0. The number of H-pyrrole nitrogens is 2. The topological polar surface area (TPSA) is 150 Å². The molecule has 0 saturated heterocycles. The zero-order chi connectivity index (χ0) is 23.3. The predicted molar refractivity (Wildman–Crippen MR) is 104 cm³/mol. The Morgan fingerprint density at radius 2 is 1.84 bits per heavy atom. The highest BCUT2D eigenvalue weighted by Crippen LogP contribution is 2.37. The first-order valence-electron chi connectivity index (χ1n) is 8.34. The van der Waals surface area contributed by atoms with Gasteiger partial charge in [0.05, 0.1) is 28.9 Å². The number of alkyl halides is 3. The van der Waals surface area contributed by atoms with Crippen LogP contribution in [0, 0.1) is 0 Å². The Morgan fingerprint density at radius 3 is 2.39 bits per heavy atom. The quantitative estimate of drug-likeness (QED) is 0.510. The number of carbonyl (C=O) groups excluding carboxylic acids is 1. The van der Waals surface area contributed by atoms with Crippen LogP contribution in [-0.4, -0.2) is 59.2 Å². The Hall–Kier alpha value is -3.62. The van der Waals surface area contributed by atoms with Crippen LogP contribution in [0.15, 0.2) is 27.9 Å². The van der Waals surface area contributed by atoms with Crippen molar-refractivity contribution in [2.45, 2.75) is 6.18 Å². The first kappa shape index (κ1) is 22.1. The number of fused-ring (bicyclic) bond motifs is 1. The van der Waals surface area contributed by atoms with Gasteiger partial charge in [-0.1, -0.05) is 0 Å². The highest BCUT2D eigenvalue weighted by atomic mass is 32.2. The van der Waals surface area contributed by atoms with Crippen molar-refractivity contribution in [2.75, 3.05) is 25.2 Å². The summed E-state index contributed by atoms with van der Waals surface area (Å²) >= 11 is 0. The molecule has 31 heavy (non-hydrogen) atoms. The molecule has 0 radical (unpaired) electrons. The van der Waals surface area contributed by atoms with E-state index in [4.69, 9.17) is 0 Å². The van der Waals surface area contributed by atoms with Gasteiger partial charge in [0.1, 0.15) is 11.5 Å². The minimum atomic E-state index is -4.90. The summed E-state index contributed by atoms with van der Waals surface area (Å²) in [6.07, 6.45) is -3.18. The Labute approximate surface area is 171 Å². The number of hydrogen-bond acceptors (Lipinski definition) is 6. The monoisotopic (exact) mass is 460 g/mol. The molecule has 2 aromatic heterocycles. The van der Waals surface area contributed by atoms with Crippen molar-refractivity contribution in [3.63, 3.8) is 0 Å². The zero-order valence-corrected chi connectivity index (χ0v) is 17.0. The number of benzene rings is 1. The molecule has 0 unspecified atom stereocenters. The highest BCUT2D eigenvalue weighted by molar-refractivity contribution is 7.91. The average molecular weight is 460 g/mol. The molecule has 0 aliphatic carbocycles. The molecule has 0 fully saturated rings. The van der Waals surface area contributed by atoms with E-state index in [0.29, 0.717) is 12.3 Å². The van der Waals surface area contributed by atoms with Crippen molar-refractivity contribution < 1.29 is 26.4 Å². The number of aromatic amines is 2. The molecule has 0 saturated carbocycles. The molecule has 15 heteroatoms. The Bertz CT molecular complexity index is 1420. The predicted octanol–water partition coefficient (Wildman–Crippen LogP) is 0.304. The molecule has 0 aliphatic rings. The van der Waals surface area contributed by atoms with Crippen LogP contribution in [0.5, 0.6) is 0 Å². The second-order valence-electron chi connectivity index (χ2n) is 6.72. The number of imidazole rings is 1. The summed E-state index contributed by atoms with van der Waals surface area (Å²) in [7, 11) is -1.17. The molecule has 0 bridgehead atoms. The Kier molecular flexibility index (Phi) is 5.17. The number of hydrogen-bond donors (Lipinski definition) is 3. The Balaban J connectivity index is 2.33. The van der Waals surface area contributed by atoms with Gasteiger partial charge in [-0.3, -0.25) is 9.59 Å². The number of nitrogens with zero attached hydrogens (tertiary/aromatic N) is 3. The molecule has 11 nitrogen and oxygen atoms in total. The van der Waals surface area contributed by atoms with Crippen molar-refractivity contribution in [3.8, 4) is 11.4 Å². The Morgan fingerprint density at radius 1 is 1.19 bits per heavy atom. The first-order valence-corrected chi connectivity index (χ1v) is 10.2. The van der Waals surface area contributed by atoms with Crippen molar-refractivity contribution in [3.05, 3.63) is 50.4 Å². The van der Waals surface area contributed by atoms with E-state index in [1.807, 2.05) is 4.98 Å². The van der Waals surface area contributed by atoms with Gasteiger partial charge in [0, 0.05) is 19.7 Å². The SMILES string of the molecule is CN(C)C(=O)c1cnc(-c2cc3c(=O)n(NS(C)(=O)=O)c(=O)[nH]c3cc2C(F)(F)F)[nH]1. The first-order chi connectivity index (χ1) is 14.2. The maximum absolute atomic E-state index is 13.7. The van der Waals surface area contributed by atoms with E-state index in [-0.39, 0.29) is 16.2 Å². The molecule has 2 heterocycles. The maximum Gasteiger partial charge on any atom is 0.417 e. The molecule has 3 aromatic rings. The second-order valence-corrected chi connectivity index (χ2v) is 8.45. The summed E-state index contributed by atoms with van der Waals surface area (Å²) in [5.41, 5.74) is -4.84. The molecule has 0 aliphatic heterocycles. The number of halogens is 3. The average Bonchev–Trinajstić information content (AvgIpc) is 3.12. The molecule has 3 rings (SSSR count). The van der Waals surface area contributed by atoms with Gasteiger partial charge in [0.15, 0.2) is 0 Å². The largest absolute Gasteiger partial charge is 0.417 e. The lowest BCUT2D eigenvalue weighted by atomic mass is 10.0. The van der Waals surface area contributed by atoms with Gasteiger partial charge < -0.3 is 14.9 Å². The molecule has 1 amide bonds. The third kappa shape index (κ3) is 4.30. The van der Waals surface area contributed by atoms with Gasteiger partial charge in [-0.2, -0.15) is 17.8 Å². The van der Waals surface area contributed by atoms with Crippen LogP contribution in [0.4, 0.5) is 13.2 Å². The number of sulfonamides is 1. The number of rotatable bonds is 4. The summed E-state index contributed by atoms with van der Waals surface area (Å²) in [5.74, 6) is -0.898. The summed E-state index contributed by atoms with van der Waals surface area (Å²) < 4.78 is 64.0. The molecule has 0 spiro atoms. The van der Waals surface area contributed by atoms with Crippen LogP contribution in [0.25, 0.3) is 22.3 Å². The number of nitrogens with one attached hydrogen (secondary N) is 3. The van der Waals surface area contributed by atoms with Gasteiger partial charge in [0.25, 0.3) is 11.5 Å². The standard InChI is InChI=1S/C16H15F3N6O5S/c1-24(2)14(27)11-6-20-12(21-11)7-4-8-10(5-9(7)16(17,18)19)22-15(28)25(13(8)26)23-31(3,29)30/h4-6,23H,1-3H3,(H,20,21)(H,22,28). The van der Waals surface area contributed by atoms with Crippen LogP contribution in [-0.2, 0) is 16.2 Å². The van der Waals surface area contributed by atoms with E-state index in [1.165, 1.54) is 19.0 Å². The number of aromatic nitrogens is 4. The van der Waals surface area contributed by atoms with Crippen LogP contribution < -0.4 is 16.1 Å². The fourth-order valence-corrected chi connectivity index (χ4v) is 3.25. The zero-order valence-electron chi connectivity index (χ0n) is 16.2. The molecular weight excluding hydrogens is 445 g/mol. The fraction of sp³-hybridized carbons (Fsp3) is 0.250. The van der Waals surface area contributed by atoms with Crippen molar-refractivity contribution in [1.82, 2.24) is 24.5 Å². The van der Waals surface area contributed by atoms with Crippen molar-refractivity contribution >= 4 is 26.8 Å². The fourth-order valence-electron chi connectivity index (χ4n) is 2.75. The second kappa shape index (κ2) is 7.26. The van der Waals surface area contributed by atoms with E-state index >= 15 is 0 Å². The van der Waals surface area contributed by atoms with E-state index in [2.05, 4.69) is 9.97 Å². The van der Waals surface area contributed by atoms with Gasteiger partial charge in [0.2, 0.25) is 10.0 Å². The van der Waals surface area contributed by atoms with E-state index in [9.17, 15) is 36.0 Å². The molecular formula is C16H15F3N6O5S. The smallest absolute Gasteiger partial charge is 0.343 e. The summed E-state index contributed by atoms with van der Waals surface area (Å²) in [5, 5.41) is -0.421. The van der Waals surface area contributed by atoms with Gasteiger partial charge in [-0.25, -0.2) is 23.0 Å². The third-order valence-corrected chi connectivity index (χ3v) is 4.58. The van der Waals surface area contributed by atoms with Gasteiger partial charge in [-0.05, 0) is 12.1 Å². The summed E-state index contributed by atoms with van der Waals surface area (Å²) in [4.78, 5) is 47.9. The number of carbonyl (C=O) groups is 1. The van der Waals surface area contributed by atoms with Crippen LogP contribution in [0.2, 0.25) is 0 Å². The maximum atomic E-state index is 13.7. The van der Waals surface area contributed by atoms with Crippen molar-refractivity contribution in [2.24, 2.45) is 0 Å². The molecule has 0 atom stereocenters. The lowest BCUT2D eigenvalue weighted by Crippen LogP contribution is -2.43. The van der Waals surface area contributed by atoms with Crippen LogP contribution >= 0.6 is 0 Å². The molecule has 1 aromatic carbocycles. The number of amides is 1. The van der Waals surface area contributed by atoms with Crippen LogP contribution in [0.3, 0.4) is 0 Å². The van der Waals surface area contributed by atoms with Gasteiger partial charge in [-0.15, -0.1) is 0 Å².